The SMILES string of the molecule is O=C(O)C(F)(F)F.O=C(O)CCNCCc1ccc(OCCCOCc2ccccc2)cc1. The molecule has 182 valence electrons. The van der Waals surface area contributed by atoms with Crippen molar-refractivity contribution in [2.24, 2.45) is 0 Å². The maximum absolute atomic E-state index is 10.6. The summed E-state index contributed by atoms with van der Waals surface area (Å²) in [7, 11) is 0. The Morgan fingerprint density at radius 2 is 1.52 bits per heavy atom. The van der Waals surface area contributed by atoms with Gasteiger partial charge in [-0.3, -0.25) is 4.79 Å². The topological polar surface area (TPSA) is 105 Å². The van der Waals surface area contributed by atoms with Gasteiger partial charge in [0.1, 0.15) is 5.75 Å². The molecule has 0 amide bonds. The van der Waals surface area contributed by atoms with E-state index in [-0.39, 0.29) is 6.42 Å². The van der Waals surface area contributed by atoms with Crippen molar-refractivity contribution >= 4 is 11.9 Å². The van der Waals surface area contributed by atoms with Gasteiger partial charge in [-0.05, 0) is 36.2 Å². The zero-order valence-electron chi connectivity index (χ0n) is 18.0. The summed E-state index contributed by atoms with van der Waals surface area (Å²) in [5.74, 6) is -2.67. The summed E-state index contributed by atoms with van der Waals surface area (Å²) < 4.78 is 43.1. The second kappa shape index (κ2) is 15.7. The molecule has 0 aliphatic heterocycles. The van der Waals surface area contributed by atoms with Gasteiger partial charge in [0.25, 0.3) is 0 Å². The Hall–Kier alpha value is -3.11. The van der Waals surface area contributed by atoms with Crippen molar-refractivity contribution in [3.8, 4) is 5.75 Å². The average molecular weight is 471 g/mol. The molecule has 10 heteroatoms. The molecule has 2 aromatic rings. The van der Waals surface area contributed by atoms with Crippen LogP contribution in [0.3, 0.4) is 0 Å². The van der Waals surface area contributed by atoms with Gasteiger partial charge in [0.15, 0.2) is 0 Å². The molecule has 0 fully saturated rings. The third-order valence-electron chi connectivity index (χ3n) is 4.09. The van der Waals surface area contributed by atoms with E-state index in [0.717, 1.165) is 25.1 Å². The van der Waals surface area contributed by atoms with Crippen molar-refractivity contribution in [3.63, 3.8) is 0 Å². The van der Waals surface area contributed by atoms with Crippen molar-refractivity contribution in [3.05, 3.63) is 65.7 Å². The maximum atomic E-state index is 10.6. The molecule has 0 unspecified atom stereocenters. The number of benzene rings is 2. The molecule has 0 saturated heterocycles. The summed E-state index contributed by atoms with van der Waals surface area (Å²) in [6, 6.07) is 18.2. The van der Waals surface area contributed by atoms with Crippen LogP contribution >= 0.6 is 0 Å². The summed E-state index contributed by atoms with van der Waals surface area (Å²) in [6.45, 7) is 3.21. The lowest BCUT2D eigenvalue weighted by atomic mass is 10.1. The molecule has 0 heterocycles. The van der Waals surface area contributed by atoms with E-state index in [9.17, 15) is 18.0 Å². The van der Waals surface area contributed by atoms with Crippen LogP contribution in [-0.2, 0) is 27.4 Å². The first kappa shape index (κ1) is 27.9. The largest absolute Gasteiger partial charge is 0.494 e. The molecule has 0 spiro atoms. The molecular formula is C23H28F3NO6. The lowest BCUT2D eigenvalue weighted by Gasteiger charge is -2.08. The molecule has 2 rings (SSSR count). The van der Waals surface area contributed by atoms with E-state index in [4.69, 9.17) is 24.5 Å². The number of halogens is 3. The van der Waals surface area contributed by atoms with Crippen molar-refractivity contribution < 1.29 is 42.4 Å². The minimum Gasteiger partial charge on any atom is -0.494 e. The van der Waals surface area contributed by atoms with Crippen LogP contribution in [0, 0.1) is 0 Å². The lowest BCUT2D eigenvalue weighted by molar-refractivity contribution is -0.192. The molecule has 0 radical (unpaired) electrons. The van der Waals surface area contributed by atoms with Crippen LogP contribution in [0.15, 0.2) is 54.6 Å². The smallest absolute Gasteiger partial charge is 0.490 e. The van der Waals surface area contributed by atoms with Crippen LogP contribution < -0.4 is 10.1 Å². The highest BCUT2D eigenvalue weighted by Gasteiger charge is 2.38. The van der Waals surface area contributed by atoms with E-state index in [1.54, 1.807) is 0 Å². The van der Waals surface area contributed by atoms with E-state index in [0.29, 0.717) is 26.4 Å². The number of hydrogen-bond acceptors (Lipinski definition) is 5. The molecular weight excluding hydrogens is 443 g/mol. The van der Waals surface area contributed by atoms with Crippen LogP contribution in [-0.4, -0.2) is 54.6 Å². The normalized spacial score (nSPS) is 10.8. The fourth-order valence-electron chi connectivity index (χ4n) is 2.42. The Balaban J connectivity index is 0.000000675. The second-order valence-corrected chi connectivity index (χ2v) is 6.83. The van der Waals surface area contributed by atoms with E-state index in [1.807, 2.05) is 42.5 Å². The van der Waals surface area contributed by atoms with Crippen molar-refractivity contribution in [1.82, 2.24) is 5.32 Å². The molecule has 0 atom stereocenters. The lowest BCUT2D eigenvalue weighted by Crippen LogP contribution is -2.21. The van der Waals surface area contributed by atoms with Crippen LogP contribution in [0.2, 0.25) is 0 Å². The van der Waals surface area contributed by atoms with Crippen molar-refractivity contribution in [2.75, 3.05) is 26.3 Å². The molecule has 0 aromatic heterocycles. The standard InChI is InChI=1S/C21H27NO4.C2HF3O2/c23-21(24)12-14-22-13-11-18-7-9-20(10-8-18)26-16-4-15-25-17-19-5-2-1-3-6-19;3-2(4,5)1(6)7/h1-3,5-10,22H,4,11-17H2,(H,23,24);(H,6,7). The third kappa shape index (κ3) is 14.6. The number of rotatable bonds is 13. The maximum Gasteiger partial charge on any atom is 0.490 e. The quantitative estimate of drug-likeness (QED) is 0.381. The first-order chi connectivity index (χ1) is 15.7. The van der Waals surface area contributed by atoms with Gasteiger partial charge in [-0.25, -0.2) is 4.79 Å². The number of nitrogens with one attached hydrogen (secondary N) is 1. The first-order valence-corrected chi connectivity index (χ1v) is 10.2. The van der Waals surface area contributed by atoms with Crippen LogP contribution in [0.25, 0.3) is 0 Å². The summed E-state index contributed by atoms with van der Waals surface area (Å²) in [4.78, 5) is 19.3. The summed E-state index contributed by atoms with van der Waals surface area (Å²) in [5.41, 5.74) is 2.38. The number of hydrogen-bond donors (Lipinski definition) is 3. The Kier molecular flexibility index (Phi) is 13.2. The molecule has 7 nitrogen and oxygen atoms in total. The number of alkyl halides is 3. The Morgan fingerprint density at radius 3 is 2.09 bits per heavy atom. The number of carboxylic acids is 2. The average Bonchev–Trinajstić information content (AvgIpc) is 2.77. The summed E-state index contributed by atoms with van der Waals surface area (Å²) in [5, 5.41) is 18.8. The van der Waals surface area contributed by atoms with E-state index in [1.165, 1.54) is 11.1 Å². The van der Waals surface area contributed by atoms with E-state index < -0.39 is 18.1 Å². The van der Waals surface area contributed by atoms with Gasteiger partial charge in [-0.1, -0.05) is 42.5 Å². The zero-order chi connectivity index (χ0) is 24.5. The van der Waals surface area contributed by atoms with Crippen LogP contribution in [0.1, 0.15) is 24.0 Å². The fraction of sp³-hybridized carbons (Fsp3) is 0.391. The van der Waals surface area contributed by atoms with Gasteiger partial charge in [-0.2, -0.15) is 13.2 Å². The fourth-order valence-corrected chi connectivity index (χ4v) is 2.42. The Bertz CT molecular complexity index is 813. The van der Waals surface area contributed by atoms with Gasteiger partial charge in [-0.15, -0.1) is 0 Å². The third-order valence-corrected chi connectivity index (χ3v) is 4.09. The second-order valence-electron chi connectivity index (χ2n) is 6.83. The van der Waals surface area contributed by atoms with Gasteiger partial charge in [0, 0.05) is 13.0 Å². The van der Waals surface area contributed by atoms with Crippen LogP contribution in [0.5, 0.6) is 5.75 Å². The number of carboxylic acid groups (broad SMARTS) is 2. The number of ether oxygens (including phenoxy) is 2. The number of carbonyl (C=O) groups is 2. The molecule has 33 heavy (non-hydrogen) atoms. The summed E-state index contributed by atoms with van der Waals surface area (Å²) in [6.07, 6.45) is -3.21. The van der Waals surface area contributed by atoms with E-state index in [2.05, 4.69) is 17.4 Å². The van der Waals surface area contributed by atoms with E-state index >= 15 is 0 Å². The van der Waals surface area contributed by atoms with Gasteiger partial charge in [0.2, 0.25) is 0 Å². The van der Waals surface area contributed by atoms with Gasteiger partial charge >= 0.3 is 18.1 Å². The highest BCUT2D eigenvalue weighted by molar-refractivity contribution is 5.73. The minimum atomic E-state index is -5.08. The molecule has 2 aromatic carbocycles. The predicted molar refractivity (Wildman–Crippen MR) is 115 cm³/mol. The minimum absolute atomic E-state index is 0.155. The summed E-state index contributed by atoms with van der Waals surface area (Å²) >= 11 is 0. The molecule has 3 N–H and O–H groups in total. The Morgan fingerprint density at radius 1 is 0.879 bits per heavy atom. The molecule has 0 bridgehead atoms. The first-order valence-electron chi connectivity index (χ1n) is 10.2. The van der Waals surface area contributed by atoms with Gasteiger partial charge in [0.05, 0.1) is 26.2 Å². The monoisotopic (exact) mass is 471 g/mol. The number of aliphatic carboxylic acids is 2. The molecule has 0 saturated carbocycles. The zero-order valence-corrected chi connectivity index (χ0v) is 18.0. The highest BCUT2D eigenvalue weighted by atomic mass is 19.4. The highest BCUT2D eigenvalue weighted by Crippen LogP contribution is 2.13. The molecule has 0 aliphatic carbocycles. The van der Waals surface area contributed by atoms with Crippen LogP contribution in [0.4, 0.5) is 13.2 Å². The van der Waals surface area contributed by atoms with Crippen molar-refractivity contribution in [2.45, 2.75) is 32.0 Å². The molecule has 0 aliphatic rings. The van der Waals surface area contributed by atoms with Gasteiger partial charge < -0.3 is 25.0 Å². The predicted octanol–water partition coefficient (Wildman–Crippen LogP) is 3.91. The van der Waals surface area contributed by atoms with Crippen molar-refractivity contribution in [1.29, 1.82) is 0 Å². The Labute approximate surface area is 190 Å².